The van der Waals surface area contributed by atoms with E-state index in [2.05, 4.69) is 122 Å². The zero-order valence-corrected chi connectivity index (χ0v) is 22.1. The number of phosphoric acid groups is 1. The third-order valence-electron chi connectivity index (χ3n) is 3.59. The number of nitrogens with one attached hydrogen (secondary N) is 1. The van der Waals surface area contributed by atoms with Crippen LogP contribution >= 0.6 is 7.82 Å². The summed E-state index contributed by atoms with van der Waals surface area (Å²) in [7, 11) is -4.27. The molecule has 0 aromatic carbocycles. The molecule has 1 amide bonds. The first-order chi connectivity index (χ1) is 18.4. The van der Waals surface area contributed by atoms with E-state index in [0.717, 1.165) is 19.3 Å². The van der Waals surface area contributed by atoms with Gasteiger partial charge in [0, 0.05) is 43.1 Å². The molecule has 0 aromatic heterocycles. The Morgan fingerprint density at radius 3 is 2.05 bits per heavy atom. The second kappa shape index (κ2) is 23.7. The Hall–Kier alpha value is -5.02. The predicted octanol–water partition coefficient (Wildman–Crippen LogP) is 3.85. The van der Waals surface area contributed by atoms with Crippen LogP contribution in [0.1, 0.15) is 46.0 Å². The first kappa shape index (κ1) is 33.0. The fourth-order valence-electron chi connectivity index (χ4n) is 1.97. The van der Waals surface area contributed by atoms with Crippen molar-refractivity contribution < 1.29 is 23.3 Å². The van der Waals surface area contributed by atoms with Crippen molar-refractivity contribution in [2.75, 3.05) is 13.2 Å². The molecule has 0 rings (SSSR count). The van der Waals surface area contributed by atoms with Crippen molar-refractivity contribution in [1.29, 1.82) is 0 Å². The van der Waals surface area contributed by atoms with E-state index in [0.29, 0.717) is 25.0 Å². The maximum absolute atomic E-state index is 11.7. The summed E-state index contributed by atoms with van der Waals surface area (Å²) in [5, 5.41) is 2.69. The van der Waals surface area contributed by atoms with Gasteiger partial charge in [0.2, 0.25) is 5.91 Å². The lowest BCUT2D eigenvalue weighted by Gasteiger charge is -2.08. The van der Waals surface area contributed by atoms with Crippen molar-refractivity contribution in [3.05, 3.63) is 52.3 Å². The van der Waals surface area contributed by atoms with E-state index >= 15 is 0 Å². The molecular formula is C31H24NO5P. The van der Waals surface area contributed by atoms with E-state index in [9.17, 15) is 14.3 Å². The van der Waals surface area contributed by atoms with Crippen LogP contribution in [-0.4, -0.2) is 24.0 Å². The topological polar surface area (TPSA) is 84.9 Å². The lowest BCUT2D eigenvalue weighted by atomic mass is 10.2. The number of unbranched alkanes of at least 4 members (excludes halogenated alkanes) is 3. The summed E-state index contributed by atoms with van der Waals surface area (Å²) in [4.78, 5) is 20.2. The molecule has 0 radical (unpaired) electrons. The van der Waals surface area contributed by atoms with Gasteiger partial charge in [0.05, 0.1) is 12.2 Å². The van der Waals surface area contributed by atoms with E-state index in [-0.39, 0.29) is 12.5 Å². The Bertz CT molecular complexity index is 1550. The molecule has 0 bridgehead atoms. The molecule has 2 N–H and O–H groups in total. The monoisotopic (exact) mass is 521 g/mol. The van der Waals surface area contributed by atoms with Crippen LogP contribution < -0.4 is 5.32 Å². The summed E-state index contributed by atoms with van der Waals surface area (Å²) in [6.07, 6.45) is 5.69. The number of rotatable bonds is 10. The van der Waals surface area contributed by atoms with E-state index < -0.39 is 7.82 Å². The third kappa shape index (κ3) is 24.1. The lowest BCUT2D eigenvalue weighted by Crippen LogP contribution is -2.20. The minimum absolute atomic E-state index is 0.0487. The highest BCUT2D eigenvalue weighted by atomic mass is 31.2. The summed E-state index contributed by atoms with van der Waals surface area (Å²) >= 11 is 0. The Labute approximate surface area is 224 Å². The van der Waals surface area contributed by atoms with Crippen molar-refractivity contribution in [2.45, 2.75) is 46.0 Å². The molecule has 0 aliphatic heterocycles. The fraction of sp³-hybridized carbons (Fsp3) is 0.290. The quantitative estimate of drug-likeness (QED) is 0.198. The fourth-order valence-corrected chi connectivity index (χ4v) is 2.54. The maximum atomic E-state index is 11.7. The van der Waals surface area contributed by atoms with Crippen molar-refractivity contribution in [3.63, 3.8) is 0 Å². The Balaban J connectivity index is 4.54. The van der Waals surface area contributed by atoms with Gasteiger partial charge in [-0.1, -0.05) is 25.5 Å². The van der Waals surface area contributed by atoms with E-state index in [1.54, 1.807) is 0 Å². The number of phosphoric ester groups is 1. The SMILES string of the molecule is C=C=C=C=C=C=C=C=C(C#CC#CC#CC#CC#CC#COP(=O)(O)OCCCCCCNC(C)=O)CC. The second-order valence-corrected chi connectivity index (χ2v) is 7.90. The zero-order chi connectivity index (χ0) is 28.2. The minimum atomic E-state index is -4.27. The minimum Gasteiger partial charge on any atom is -0.356 e. The van der Waals surface area contributed by atoms with Crippen LogP contribution in [-0.2, 0) is 18.4 Å². The van der Waals surface area contributed by atoms with E-state index in [1.165, 1.54) is 6.92 Å². The highest BCUT2D eigenvalue weighted by Crippen LogP contribution is 2.42. The highest BCUT2D eigenvalue weighted by Gasteiger charge is 2.20. The van der Waals surface area contributed by atoms with E-state index in [4.69, 9.17) is 4.52 Å². The number of carbonyl (C=O) groups is 1. The maximum Gasteiger partial charge on any atom is 0.535 e. The third-order valence-corrected chi connectivity index (χ3v) is 4.42. The molecule has 1 atom stereocenters. The van der Waals surface area contributed by atoms with Crippen molar-refractivity contribution >= 4 is 13.7 Å². The predicted molar refractivity (Wildman–Crippen MR) is 145 cm³/mol. The average Bonchev–Trinajstić information content (AvgIpc) is 2.88. The van der Waals surface area contributed by atoms with Crippen molar-refractivity contribution in [2.24, 2.45) is 0 Å². The molecule has 0 heterocycles. The molecule has 0 spiro atoms. The number of allylic oxidation sites excluding steroid dienone is 1. The molecule has 1 unspecified atom stereocenters. The molecule has 0 saturated heterocycles. The lowest BCUT2D eigenvalue weighted by molar-refractivity contribution is -0.118. The number of carbonyl (C=O) groups excluding carboxylic acids is 1. The zero-order valence-electron chi connectivity index (χ0n) is 21.2. The van der Waals surface area contributed by atoms with Crippen LogP contribution in [0.3, 0.4) is 0 Å². The Morgan fingerprint density at radius 2 is 1.42 bits per heavy atom. The number of hydrogen-bond donors (Lipinski definition) is 2. The van der Waals surface area contributed by atoms with Crippen LogP contribution in [0, 0.1) is 71.2 Å². The van der Waals surface area contributed by atoms with Gasteiger partial charge in [0.25, 0.3) is 0 Å². The van der Waals surface area contributed by atoms with Gasteiger partial charge in [0.1, 0.15) is 6.11 Å². The molecule has 0 aliphatic rings. The summed E-state index contributed by atoms with van der Waals surface area (Å²) < 4.78 is 21.0. The van der Waals surface area contributed by atoms with Gasteiger partial charge < -0.3 is 9.84 Å². The summed E-state index contributed by atoms with van der Waals surface area (Å²) in [5.41, 5.74) is 18.6. The molecular weight excluding hydrogens is 497 g/mol. The van der Waals surface area contributed by atoms with Gasteiger partial charge in [-0.3, -0.25) is 14.2 Å². The van der Waals surface area contributed by atoms with Crippen LogP contribution in [0.25, 0.3) is 0 Å². The van der Waals surface area contributed by atoms with Gasteiger partial charge in [0.15, 0.2) is 0 Å². The van der Waals surface area contributed by atoms with Gasteiger partial charge >= 0.3 is 7.82 Å². The van der Waals surface area contributed by atoms with Crippen LogP contribution in [0.5, 0.6) is 0 Å². The standard InChI is InChI=1S/C31H24NO5P/c1-4-6-7-8-15-20-25-31(5-2)26-21-16-13-11-9-10-12-14-18-23-28-36-38(34,35)37-29-24-19-17-22-27-32-30(3)33/h1,5,17,19,22,24,27,29H2,2-3H3,(H,32,33)(H,34,35). The first-order valence-electron chi connectivity index (χ1n) is 11.2. The van der Waals surface area contributed by atoms with Crippen molar-refractivity contribution in [3.8, 4) is 71.2 Å². The van der Waals surface area contributed by atoms with Gasteiger partial charge in [-0.2, -0.15) is 0 Å². The summed E-state index contributed by atoms with van der Waals surface area (Å²) in [5.74, 6) is 27.3. The number of amides is 1. The van der Waals surface area contributed by atoms with Gasteiger partial charge in [-0.05, 0) is 95.8 Å². The smallest absolute Gasteiger partial charge is 0.356 e. The normalized spacial score (nSPS) is 8.82. The largest absolute Gasteiger partial charge is 0.535 e. The number of hydrogen-bond acceptors (Lipinski definition) is 4. The summed E-state index contributed by atoms with van der Waals surface area (Å²) in [6, 6.07) is 0. The molecule has 0 saturated carbocycles. The first-order valence-corrected chi connectivity index (χ1v) is 12.7. The van der Waals surface area contributed by atoms with Crippen LogP contribution in [0.2, 0.25) is 0 Å². The molecule has 38 heavy (non-hydrogen) atoms. The molecule has 0 fully saturated rings. The van der Waals surface area contributed by atoms with Gasteiger partial charge in [-0.15, -0.1) is 0 Å². The highest BCUT2D eigenvalue weighted by molar-refractivity contribution is 7.47. The van der Waals surface area contributed by atoms with Gasteiger partial charge in [-0.25, -0.2) is 4.57 Å². The van der Waals surface area contributed by atoms with Crippen LogP contribution in [0.15, 0.2) is 52.3 Å². The Kier molecular flexibility index (Phi) is 20.6. The van der Waals surface area contributed by atoms with Crippen LogP contribution in [0.4, 0.5) is 0 Å². The summed E-state index contributed by atoms with van der Waals surface area (Å²) in [6.45, 7) is 7.36. The average molecular weight is 522 g/mol. The second-order valence-electron chi connectivity index (χ2n) is 6.53. The molecule has 7 heteroatoms. The van der Waals surface area contributed by atoms with Crippen molar-refractivity contribution in [1.82, 2.24) is 5.32 Å². The van der Waals surface area contributed by atoms with E-state index in [1.807, 2.05) is 13.0 Å². The Morgan fingerprint density at radius 1 is 0.842 bits per heavy atom. The molecule has 0 aliphatic carbocycles. The molecule has 6 nitrogen and oxygen atoms in total. The molecule has 0 aromatic rings. The molecule has 188 valence electrons.